The molecule has 0 radical (unpaired) electrons. The van der Waals surface area contributed by atoms with Crippen LogP contribution in [0.15, 0.2) is 60.7 Å². The Morgan fingerprint density at radius 2 is 1.74 bits per heavy atom. The van der Waals surface area contributed by atoms with Gasteiger partial charge in [-0.25, -0.2) is 0 Å². The van der Waals surface area contributed by atoms with Crippen molar-refractivity contribution in [3.05, 3.63) is 71.8 Å². The Hall–Kier alpha value is -3.34. The summed E-state index contributed by atoms with van der Waals surface area (Å²) in [6.45, 7) is 1.54. The number of anilines is 2. The fourth-order valence-corrected chi connectivity index (χ4v) is 5.62. The number of nitrogens with one attached hydrogen (secondary N) is 1. The van der Waals surface area contributed by atoms with Gasteiger partial charge in [0.25, 0.3) is 5.91 Å². The molecule has 0 aromatic heterocycles. The average molecular weight is 412 g/mol. The highest BCUT2D eigenvalue weighted by atomic mass is 16.2. The molecule has 3 aromatic carbocycles. The van der Waals surface area contributed by atoms with E-state index in [2.05, 4.69) is 64.8 Å². The van der Waals surface area contributed by atoms with Crippen LogP contribution in [0.25, 0.3) is 10.8 Å². The number of piperidine rings is 1. The molecular formula is C26H25N3O2. The summed E-state index contributed by atoms with van der Waals surface area (Å²) in [6, 6.07) is 21.5. The summed E-state index contributed by atoms with van der Waals surface area (Å²) in [6.07, 6.45) is 3.48. The number of amides is 2. The first-order valence-corrected chi connectivity index (χ1v) is 11.2. The average Bonchev–Trinajstić information content (AvgIpc) is 3.40. The van der Waals surface area contributed by atoms with E-state index in [-0.39, 0.29) is 17.9 Å². The smallest absolute Gasteiger partial charge is 0.259 e. The zero-order valence-electron chi connectivity index (χ0n) is 17.4. The third-order valence-corrected chi connectivity index (χ3v) is 7.06. The van der Waals surface area contributed by atoms with Crippen LogP contribution in [0.4, 0.5) is 11.4 Å². The van der Waals surface area contributed by atoms with E-state index in [0.29, 0.717) is 25.4 Å². The maximum absolute atomic E-state index is 13.4. The van der Waals surface area contributed by atoms with Gasteiger partial charge in [-0.05, 0) is 43.0 Å². The zero-order valence-corrected chi connectivity index (χ0v) is 17.4. The lowest BCUT2D eigenvalue weighted by atomic mass is 10.0. The zero-order chi connectivity index (χ0) is 20.9. The maximum Gasteiger partial charge on any atom is 0.259 e. The van der Waals surface area contributed by atoms with Gasteiger partial charge < -0.3 is 15.1 Å². The predicted octanol–water partition coefficient (Wildman–Crippen LogP) is 4.42. The summed E-state index contributed by atoms with van der Waals surface area (Å²) in [5.74, 6) is 0.127. The monoisotopic (exact) mass is 411 g/mol. The second-order valence-corrected chi connectivity index (χ2v) is 8.77. The molecule has 0 aliphatic carbocycles. The third kappa shape index (κ3) is 2.83. The lowest BCUT2D eigenvalue weighted by Gasteiger charge is -2.32. The normalized spacial score (nSPS) is 23.0. The van der Waals surface area contributed by atoms with E-state index in [1.165, 1.54) is 11.3 Å². The van der Waals surface area contributed by atoms with Crippen molar-refractivity contribution in [2.24, 2.45) is 0 Å². The first-order chi connectivity index (χ1) is 15.2. The molecule has 156 valence electrons. The first-order valence-electron chi connectivity index (χ1n) is 11.2. The molecule has 3 heterocycles. The van der Waals surface area contributed by atoms with Crippen molar-refractivity contribution in [1.29, 1.82) is 0 Å². The van der Waals surface area contributed by atoms with Gasteiger partial charge in [-0.3, -0.25) is 9.59 Å². The number of carbonyl (C=O) groups excluding carboxylic acids is 2. The summed E-state index contributed by atoms with van der Waals surface area (Å²) in [5.41, 5.74) is 4.31. The van der Waals surface area contributed by atoms with E-state index >= 15 is 0 Å². The van der Waals surface area contributed by atoms with Crippen LogP contribution in [-0.4, -0.2) is 30.9 Å². The van der Waals surface area contributed by atoms with Gasteiger partial charge in [-0.2, -0.15) is 0 Å². The Morgan fingerprint density at radius 3 is 2.55 bits per heavy atom. The highest BCUT2D eigenvalue weighted by molar-refractivity contribution is 6.27. The number of rotatable bonds is 3. The van der Waals surface area contributed by atoms with E-state index in [1.807, 2.05) is 11.0 Å². The molecule has 2 fully saturated rings. The van der Waals surface area contributed by atoms with E-state index < -0.39 is 0 Å². The molecule has 0 bridgehead atoms. The Balaban J connectivity index is 1.44. The Labute approximate surface area is 181 Å². The van der Waals surface area contributed by atoms with Gasteiger partial charge in [0.1, 0.15) is 0 Å². The largest absolute Gasteiger partial charge is 0.364 e. The fourth-order valence-electron chi connectivity index (χ4n) is 5.62. The molecule has 1 N–H and O–H groups in total. The molecular weight excluding hydrogens is 386 g/mol. The molecule has 0 spiro atoms. The Kier molecular flexibility index (Phi) is 4.23. The molecule has 2 saturated heterocycles. The Bertz CT molecular complexity index is 1180. The Morgan fingerprint density at radius 1 is 0.871 bits per heavy atom. The summed E-state index contributed by atoms with van der Waals surface area (Å²) < 4.78 is 0. The van der Waals surface area contributed by atoms with Crippen LogP contribution in [0.3, 0.4) is 0 Å². The first kappa shape index (κ1) is 18.4. The molecule has 31 heavy (non-hydrogen) atoms. The summed E-state index contributed by atoms with van der Waals surface area (Å²) in [5, 5.41) is 5.13. The van der Waals surface area contributed by atoms with E-state index in [4.69, 9.17) is 0 Å². The molecule has 5 heteroatoms. The van der Waals surface area contributed by atoms with Gasteiger partial charge >= 0.3 is 0 Å². The van der Waals surface area contributed by atoms with Crippen LogP contribution >= 0.6 is 0 Å². The molecule has 2 atom stereocenters. The lowest BCUT2D eigenvalue weighted by molar-refractivity contribution is -0.122. The van der Waals surface area contributed by atoms with Crippen molar-refractivity contribution in [3.8, 4) is 0 Å². The van der Waals surface area contributed by atoms with Crippen LogP contribution in [0.2, 0.25) is 0 Å². The number of hydrogen-bond donors (Lipinski definition) is 1. The number of nitrogens with zero attached hydrogens (tertiary/aromatic N) is 2. The lowest BCUT2D eigenvalue weighted by Crippen LogP contribution is -2.49. The summed E-state index contributed by atoms with van der Waals surface area (Å²) in [7, 11) is 0. The van der Waals surface area contributed by atoms with Crippen LogP contribution in [0, 0.1) is 0 Å². The van der Waals surface area contributed by atoms with Crippen molar-refractivity contribution >= 4 is 34.0 Å². The topological polar surface area (TPSA) is 52.7 Å². The second kappa shape index (κ2) is 7.12. The minimum absolute atomic E-state index is 0.00973. The molecule has 2 amide bonds. The summed E-state index contributed by atoms with van der Waals surface area (Å²) in [4.78, 5) is 29.4. The molecule has 1 unspecified atom stereocenters. The van der Waals surface area contributed by atoms with Gasteiger partial charge in [0.05, 0.1) is 17.8 Å². The van der Waals surface area contributed by atoms with Crippen molar-refractivity contribution in [2.75, 3.05) is 22.9 Å². The standard InChI is InChI=1S/C26H25N3O2/c30-24-14-11-18(16-27-24)29-23-9-4-8-19-22(13-12-20(25(19)23)26(29)31)28-15-5-10-21(28)17-6-2-1-3-7-17/h1-4,6-9,12-13,18,21H,5,10-11,14-16H2,(H,27,30)/t18?,21-/m0/s1. The fraction of sp³-hybridized carbons (Fsp3) is 0.308. The van der Waals surface area contributed by atoms with Gasteiger partial charge in [0.15, 0.2) is 0 Å². The number of benzene rings is 3. The highest BCUT2D eigenvalue weighted by Gasteiger charge is 2.37. The molecule has 5 nitrogen and oxygen atoms in total. The molecule has 3 aliphatic rings. The van der Waals surface area contributed by atoms with Crippen LogP contribution in [-0.2, 0) is 4.79 Å². The van der Waals surface area contributed by atoms with Crippen molar-refractivity contribution in [3.63, 3.8) is 0 Å². The summed E-state index contributed by atoms with van der Waals surface area (Å²) >= 11 is 0. The predicted molar refractivity (Wildman–Crippen MR) is 123 cm³/mol. The second-order valence-electron chi connectivity index (χ2n) is 8.77. The van der Waals surface area contributed by atoms with Crippen molar-refractivity contribution < 1.29 is 9.59 Å². The third-order valence-electron chi connectivity index (χ3n) is 7.06. The maximum atomic E-state index is 13.4. The molecule has 0 saturated carbocycles. The van der Waals surface area contributed by atoms with Gasteiger partial charge in [0.2, 0.25) is 5.91 Å². The minimum atomic E-state index is 0.00973. The number of hydrogen-bond acceptors (Lipinski definition) is 3. The van der Waals surface area contributed by atoms with Crippen LogP contribution in [0.5, 0.6) is 0 Å². The molecule has 6 rings (SSSR count). The molecule has 3 aliphatic heterocycles. The van der Waals surface area contributed by atoms with Crippen molar-refractivity contribution in [2.45, 2.75) is 37.8 Å². The van der Waals surface area contributed by atoms with Crippen LogP contribution < -0.4 is 15.1 Å². The van der Waals surface area contributed by atoms with Gasteiger partial charge in [-0.15, -0.1) is 0 Å². The van der Waals surface area contributed by atoms with Gasteiger partial charge in [0, 0.05) is 41.5 Å². The van der Waals surface area contributed by atoms with Crippen LogP contribution in [0.1, 0.15) is 47.6 Å². The van der Waals surface area contributed by atoms with Gasteiger partial charge in [-0.1, -0.05) is 42.5 Å². The van der Waals surface area contributed by atoms with E-state index in [1.54, 1.807) is 0 Å². The SMILES string of the molecule is O=C1CCC(N2C(=O)c3ccc(N4CCC[C@H]4c4ccccc4)c4cccc2c34)CN1. The quantitative estimate of drug-likeness (QED) is 0.694. The molecule has 3 aromatic rings. The van der Waals surface area contributed by atoms with Crippen molar-refractivity contribution in [1.82, 2.24) is 5.32 Å². The highest BCUT2D eigenvalue weighted by Crippen LogP contribution is 2.46. The van der Waals surface area contributed by atoms with E-state index in [9.17, 15) is 9.59 Å². The minimum Gasteiger partial charge on any atom is -0.364 e. The van der Waals surface area contributed by atoms with E-state index in [0.717, 1.165) is 41.4 Å². The number of carbonyl (C=O) groups is 2.